The van der Waals surface area contributed by atoms with Crippen molar-refractivity contribution < 1.29 is 10.0 Å². The average Bonchev–Trinajstić information content (AvgIpc) is 2.49. The Bertz CT molecular complexity index is 401. The fourth-order valence-electron chi connectivity index (χ4n) is 1.12. The summed E-state index contributed by atoms with van der Waals surface area (Å²) >= 11 is 1.27. The van der Waals surface area contributed by atoms with E-state index in [0.717, 1.165) is 10.1 Å². The topological polar surface area (TPSA) is 53.4 Å². The van der Waals surface area contributed by atoms with Gasteiger partial charge in [0, 0.05) is 17.0 Å². The molecule has 0 amide bonds. The predicted molar refractivity (Wildman–Crippen MR) is 49.4 cm³/mol. The summed E-state index contributed by atoms with van der Waals surface area (Å²) in [5, 5.41) is 18.9. The molecular weight excluding hydrogens is 173 g/mol. The highest BCUT2D eigenvalue weighted by Crippen LogP contribution is 2.14. The predicted octanol–water partition coefficient (Wildman–Crippen LogP) is -0.0239. The van der Waals surface area contributed by atoms with Crippen molar-refractivity contribution in [3.05, 3.63) is 24.4 Å². The number of rotatable bonds is 1. The van der Waals surface area contributed by atoms with E-state index in [9.17, 15) is 0 Å². The quantitative estimate of drug-likeness (QED) is 0.604. The smallest absolute Gasteiger partial charge is 0.423 e. The van der Waals surface area contributed by atoms with Crippen molar-refractivity contribution in [3.8, 4) is 0 Å². The largest absolute Gasteiger partial charge is 0.489 e. The maximum atomic E-state index is 8.97. The fraction of sp³-hybridized carbons (Fsp3) is 0. The number of aromatic nitrogens is 1. The monoisotopic (exact) mass is 179 g/mol. The van der Waals surface area contributed by atoms with Crippen LogP contribution in [0.3, 0.4) is 0 Å². The maximum Gasteiger partial charge on any atom is 0.489 e. The third-order valence-electron chi connectivity index (χ3n) is 1.69. The van der Waals surface area contributed by atoms with Crippen LogP contribution in [-0.4, -0.2) is 21.5 Å². The molecule has 0 bridgehead atoms. The van der Waals surface area contributed by atoms with Crippen LogP contribution in [-0.2, 0) is 0 Å². The summed E-state index contributed by atoms with van der Waals surface area (Å²) in [4.78, 5) is 0. The highest BCUT2D eigenvalue weighted by molar-refractivity contribution is 7.15. The van der Waals surface area contributed by atoms with E-state index in [4.69, 9.17) is 10.0 Å². The van der Waals surface area contributed by atoms with Crippen LogP contribution in [0, 0.1) is 0 Å². The Hall–Kier alpha value is -0.905. The minimum Gasteiger partial charge on any atom is -0.423 e. The van der Waals surface area contributed by atoms with E-state index in [-0.39, 0.29) is 0 Å². The SMILES string of the molecule is OB(O)c1cccc2cnsc12. The molecule has 3 nitrogen and oxygen atoms in total. The Morgan fingerprint density at radius 3 is 2.92 bits per heavy atom. The molecule has 0 saturated heterocycles. The number of benzene rings is 1. The van der Waals surface area contributed by atoms with Crippen molar-refractivity contribution in [1.29, 1.82) is 0 Å². The molecule has 0 unspecified atom stereocenters. The molecule has 0 fully saturated rings. The van der Waals surface area contributed by atoms with Crippen LogP contribution in [0.15, 0.2) is 24.4 Å². The van der Waals surface area contributed by atoms with E-state index < -0.39 is 7.12 Å². The molecule has 0 aliphatic heterocycles. The van der Waals surface area contributed by atoms with Crippen LogP contribution >= 0.6 is 11.5 Å². The molecule has 12 heavy (non-hydrogen) atoms. The van der Waals surface area contributed by atoms with Crippen LogP contribution < -0.4 is 5.46 Å². The van der Waals surface area contributed by atoms with Gasteiger partial charge < -0.3 is 10.0 Å². The Morgan fingerprint density at radius 1 is 1.33 bits per heavy atom. The van der Waals surface area contributed by atoms with Gasteiger partial charge in [-0.3, -0.25) is 0 Å². The second-order valence-corrected chi connectivity index (χ2v) is 3.27. The molecule has 0 atom stereocenters. The zero-order chi connectivity index (χ0) is 8.55. The Morgan fingerprint density at radius 2 is 2.17 bits per heavy atom. The van der Waals surface area contributed by atoms with E-state index in [1.54, 1.807) is 18.3 Å². The molecule has 5 heteroatoms. The van der Waals surface area contributed by atoms with Gasteiger partial charge in [-0.2, -0.15) is 4.37 Å². The average molecular weight is 179 g/mol. The minimum atomic E-state index is -1.41. The Balaban J connectivity index is 2.73. The number of nitrogens with zero attached hydrogens (tertiary/aromatic N) is 1. The first-order valence-corrected chi connectivity index (χ1v) is 4.26. The zero-order valence-corrected chi connectivity index (χ0v) is 6.95. The van der Waals surface area contributed by atoms with Crippen LogP contribution in [0.2, 0.25) is 0 Å². The third kappa shape index (κ3) is 1.12. The number of hydrogen-bond acceptors (Lipinski definition) is 4. The van der Waals surface area contributed by atoms with Gasteiger partial charge in [-0.15, -0.1) is 0 Å². The highest BCUT2D eigenvalue weighted by atomic mass is 32.1. The van der Waals surface area contributed by atoms with E-state index in [1.807, 2.05) is 6.07 Å². The lowest BCUT2D eigenvalue weighted by Gasteiger charge is -1.98. The summed E-state index contributed by atoms with van der Waals surface area (Å²) < 4.78 is 4.80. The second kappa shape index (κ2) is 2.86. The van der Waals surface area contributed by atoms with E-state index >= 15 is 0 Å². The first kappa shape index (κ1) is 7.73. The third-order valence-corrected chi connectivity index (χ3v) is 2.55. The van der Waals surface area contributed by atoms with E-state index in [2.05, 4.69) is 4.37 Å². The lowest BCUT2D eigenvalue weighted by atomic mass is 9.80. The van der Waals surface area contributed by atoms with Gasteiger partial charge in [-0.05, 0) is 11.5 Å². The second-order valence-electron chi connectivity index (χ2n) is 2.47. The molecule has 1 heterocycles. The molecule has 1 aromatic heterocycles. The molecule has 0 spiro atoms. The lowest BCUT2D eigenvalue weighted by Crippen LogP contribution is -2.29. The van der Waals surface area contributed by atoms with Gasteiger partial charge in [0.15, 0.2) is 0 Å². The summed E-state index contributed by atoms with van der Waals surface area (Å²) in [5.74, 6) is 0. The number of fused-ring (bicyclic) bond motifs is 1. The van der Waals surface area contributed by atoms with Gasteiger partial charge in [-0.25, -0.2) is 0 Å². The van der Waals surface area contributed by atoms with Gasteiger partial charge in [0.1, 0.15) is 0 Å². The molecule has 0 saturated carbocycles. The summed E-state index contributed by atoms with van der Waals surface area (Å²) in [6.45, 7) is 0. The summed E-state index contributed by atoms with van der Waals surface area (Å²) in [5.41, 5.74) is 0.523. The Kier molecular flexibility index (Phi) is 1.84. The van der Waals surface area contributed by atoms with E-state index in [1.165, 1.54) is 11.5 Å². The maximum absolute atomic E-state index is 8.97. The summed E-state index contributed by atoms with van der Waals surface area (Å²) in [6, 6.07) is 5.36. The van der Waals surface area contributed by atoms with Gasteiger partial charge in [-0.1, -0.05) is 18.2 Å². The van der Waals surface area contributed by atoms with Crippen LogP contribution in [0.4, 0.5) is 0 Å². The van der Waals surface area contributed by atoms with Crippen molar-refractivity contribution >= 4 is 34.2 Å². The first-order valence-electron chi connectivity index (χ1n) is 3.48. The van der Waals surface area contributed by atoms with Crippen molar-refractivity contribution in [2.75, 3.05) is 0 Å². The van der Waals surface area contributed by atoms with Crippen molar-refractivity contribution in [2.24, 2.45) is 0 Å². The molecule has 2 N–H and O–H groups in total. The van der Waals surface area contributed by atoms with Crippen LogP contribution in [0.25, 0.3) is 10.1 Å². The van der Waals surface area contributed by atoms with Gasteiger partial charge in [0.2, 0.25) is 0 Å². The van der Waals surface area contributed by atoms with Crippen LogP contribution in [0.1, 0.15) is 0 Å². The van der Waals surface area contributed by atoms with Gasteiger partial charge in [0.25, 0.3) is 0 Å². The minimum absolute atomic E-state index is 0.523. The highest BCUT2D eigenvalue weighted by Gasteiger charge is 2.14. The number of hydrogen-bond donors (Lipinski definition) is 2. The molecule has 0 aliphatic rings. The first-order chi connectivity index (χ1) is 5.79. The van der Waals surface area contributed by atoms with Crippen molar-refractivity contribution in [1.82, 2.24) is 4.37 Å². The van der Waals surface area contributed by atoms with Crippen LogP contribution in [0.5, 0.6) is 0 Å². The molecule has 0 radical (unpaired) electrons. The van der Waals surface area contributed by atoms with Gasteiger partial charge in [0.05, 0.1) is 4.70 Å². The van der Waals surface area contributed by atoms with Crippen molar-refractivity contribution in [2.45, 2.75) is 0 Å². The molecule has 2 rings (SSSR count). The Labute approximate surface area is 73.6 Å². The summed E-state index contributed by atoms with van der Waals surface area (Å²) in [7, 11) is -1.41. The molecular formula is C7H6BNO2S. The molecule has 60 valence electrons. The lowest BCUT2D eigenvalue weighted by molar-refractivity contribution is 0.426. The zero-order valence-electron chi connectivity index (χ0n) is 6.14. The fourth-order valence-corrected chi connectivity index (χ4v) is 1.90. The van der Waals surface area contributed by atoms with Crippen molar-refractivity contribution in [3.63, 3.8) is 0 Å². The van der Waals surface area contributed by atoms with Gasteiger partial charge >= 0.3 is 7.12 Å². The summed E-state index contributed by atoms with van der Waals surface area (Å²) in [6.07, 6.45) is 1.71. The molecule has 1 aromatic carbocycles. The molecule has 2 aromatic rings. The standard InChI is InChI=1S/C7H6BNO2S/c10-8(11)6-3-1-2-5-4-9-12-7(5)6/h1-4,10-11H. The van der Waals surface area contributed by atoms with E-state index in [0.29, 0.717) is 5.46 Å². The molecule has 0 aliphatic carbocycles. The normalized spacial score (nSPS) is 10.5.